The van der Waals surface area contributed by atoms with Crippen LogP contribution in [0.5, 0.6) is 0 Å². The van der Waals surface area contributed by atoms with Crippen LogP contribution < -0.4 is 16.8 Å². The summed E-state index contributed by atoms with van der Waals surface area (Å²) in [4.78, 5) is 10.7. The van der Waals surface area contributed by atoms with Crippen LogP contribution in [0.1, 0.15) is 12.8 Å². The van der Waals surface area contributed by atoms with Crippen molar-refractivity contribution >= 4 is 30.7 Å². The molecular weight excluding hydrogens is 201 g/mol. The van der Waals surface area contributed by atoms with E-state index >= 15 is 0 Å². The highest BCUT2D eigenvalue weighted by Gasteiger charge is 2.09. The van der Waals surface area contributed by atoms with Crippen LogP contribution in [0.3, 0.4) is 0 Å². The third kappa shape index (κ3) is 8.07. The average molecular weight is 218 g/mol. The van der Waals surface area contributed by atoms with Crippen LogP contribution >= 0.6 is 24.8 Å². The first-order chi connectivity index (χ1) is 4.72. The molecule has 4 nitrogen and oxygen atoms in total. The number of carbonyl (C=O) groups is 1. The number of hydrogen-bond donors (Lipinski definition) is 3. The summed E-state index contributed by atoms with van der Waals surface area (Å²) in [7, 11) is 1.57. The summed E-state index contributed by atoms with van der Waals surface area (Å²) in [5.41, 5.74) is 10.7. The van der Waals surface area contributed by atoms with Crippen molar-refractivity contribution in [2.45, 2.75) is 18.9 Å². The number of nitrogens with one attached hydrogen (secondary N) is 1. The minimum atomic E-state index is -0.395. The molecule has 0 unspecified atom stereocenters. The minimum absolute atomic E-state index is 0. The Morgan fingerprint density at radius 1 is 1.50 bits per heavy atom. The summed E-state index contributed by atoms with van der Waals surface area (Å²) in [6.07, 6.45) is 1.46. The molecule has 0 rings (SSSR count). The van der Waals surface area contributed by atoms with Gasteiger partial charge in [-0.1, -0.05) is 0 Å². The largest absolute Gasteiger partial charge is 0.358 e. The van der Waals surface area contributed by atoms with Crippen LogP contribution in [0.4, 0.5) is 0 Å². The summed E-state index contributed by atoms with van der Waals surface area (Å²) in [5, 5.41) is 2.47. The molecule has 6 heteroatoms. The van der Waals surface area contributed by atoms with E-state index < -0.39 is 6.04 Å². The average Bonchev–Trinajstić information content (AvgIpc) is 1.98. The van der Waals surface area contributed by atoms with E-state index in [1.165, 1.54) is 0 Å². The van der Waals surface area contributed by atoms with Crippen LogP contribution in [0, 0.1) is 0 Å². The topological polar surface area (TPSA) is 81.1 Å². The van der Waals surface area contributed by atoms with Gasteiger partial charge in [0.1, 0.15) is 0 Å². The van der Waals surface area contributed by atoms with Crippen molar-refractivity contribution in [2.24, 2.45) is 11.5 Å². The van der Waals surface area contributed by atoms with Gasteiger partial charge in [0.15, 0.2) is 0 Å². The number of nitrogens with two attached hydrogens (primary N) is 2. The molecule has 0 fully saturated rings. The van der Waals surface area contributed by atoms with E-state index in [2.05, 4.69) is 5.32 Å². The van der Waals surface area contributed by atoms with E-state index in [0.29, 0.717) is 13.0 Å². The van der Waals surface area contributed by atoms with Crippen LogP contribution in [0.15, 0.2) is 0 Å². The SMILES string of the molecule is CNC(=O)[C@@H](N)CCCN.Cl.Cl. The minimum Gasteiger partial charge on any atom is -0.358 e. The van der Waals surface area contributed by atoms with Crippen molar-refractivity contribution in [1.82, 2.24) is 5.32 Å². The third-order valence-corrected chi connectivity index (χ3v) is 1.30. The van der Waals surface area contributed by atoms with Gasteiger partial charge in [-0.15, -0.1) is 24.8 Å². The second-order valence-corrected chi connectivity index (χ2v) is 2.15. The second-order valence-electron chi connectivity index (χ2n) is 2.15. The van der Waals surface area contributed by atoms with E-state index in [0.717, 1.165) is 6.42 Å². The lowest BCUT2D eigenvalue weighted by Crippen LogP contribution is -2.38. The Labute approximate surface area is 85.3 Å². The highest BCUT2D eigenvalue weighted by Crippen LogP contribution is 1.91. The van der Waals surface area contributed by atoms with Gasteiger partial charge in [-0.25, -0.2) is 0 Å². The number of halogens is 2. The van der Waals surface area contributed by atoms with E-state index in [9.17, 15) is 4.79 Å². The van der Waals surface area contributed by atoms with E-state index in [4.69, 9.17) is 11.5 Å². The van der Waals surface area contributed by atoms with Crippen LogP contribution in [-0.2, 0) is 4.79 Å². The van der Waals surface area contributed by atoms with Gasteiger partial charge in [-0.3, -0.25) is 4.79 Å². The third-order valence-electron chi connectivity index (χ3n) is 1.30. The maximum Gasteiger partial charge on any atom is 0.236 e. The predicted octanol–water partition coefficient (Wildman–Crippen LogP) is -0.358. The lowest BCUT2D eigenvalue weighted by Gasteiger charge is -2.07. The number of likely N-dealkylation sites (N-methyl/N-ethyl adjacent to an activating group) is 1. The standard InChI is InChI=1S/C6H15N3O.2ClH/c1-9-6(10)5(8)3-2-4-7;;/h5H,2-4,7-8H2,1H3,(H,9,10);2*1H/t5-;;/m0../s1. The molecule has 1 amide bonds. The smallest absolute Gasteiger partial charge is 0.236 e. The Bertz CT molecular complexity index is 113. The van der Waals surface area contributed by atoms with Gasteiger partial charge in [0.05, 0.1) is 6.04 Å². The summed E-state index contributed by atoms with van der Waals surface area (Å²) in [6.45, 7) is 0.588. The summed E-state index contributed by atoms with van der Waals surface area (Å²) in [5.74, 6) is -0.117. The Morgan fingerprint density at radius 3 is 2.33 bits per heavy atom. The summed E-state index contributed by atoms with van der Waals surface area (Å²) < 4.78 is 0. The van der Waals surface area contributed by atoms with Gasteiger partial charge < -0.3 is 16.8 Å². The van der Waals surface area contributed by atoms with Gasteiger partial charge in [0, 0.05) is 7.05 Å². The molecule has 0 aliphatic heterocycles. The van der Waals surface area contributed by atoms with Crippen LogP contribution in [-0.4, -0.2) is 25.5 Å². The number of hydrogen-bond acceptors (Lipinski definition) is 3. The predicted molar refractivity (Wildman–Crippen MR) is 54.8 cm³/mol. The molecule has 0 aromatic heterocycles. The molecule has 76 valence electrons. The van der Waals surface area contributed by atoms with Gasteiger partial charge in [-0.2, -0.15) is 0 Å². The van der Waals surface area contributed by atoms with Gasteiger partial charge in [-0.05, 0) is 19.4 Å². The second kappa shape index (κ2) is 11.0. The summed E-state index contributed by atoms with van der Waals surface area (Å²) >= 11 is 0. The van der Waals surface area contributed by atoms with Gasteiger partial charge in [0.25, 0.3) is 0 Å². The quantitative estimate of drug-likeness (QED) is 0.602. The fourth-order valence-electron chi connectivity index (χ4n) is 0.654. The zero-order chi connectivity index (χ0) is 7.98. The molecular formula is C6H17Cl2N3O. The van der Waals surface area contributed by atoms with Crippen molar-refractivity contribution in [3.05, 3.63) is 0 Å². The van der Waals surface area contributed by atoms with Crippen molar-refractivity contribution in [2.75, 3.05) is 13.6 Å². The molecule has 1 atom stereocenters. The highest BCUT2D eigenvalue weighted by atomic mass is 35.5. The molecule has 0 saturated carbocycles. The maximum atomic E-state index is 10.7. The molecule has 0 bridgehead atoms. The zero-order valence-corrected chi connectivity index (χ0v) is 8.71. The molecule has 0 saturated heterocycles. The van der Waals surface area contributed by atoms with Crippen LogP contribution in [0.2, 0.25) is 0 Å². The van der Waals surface area contributed by atoms with E-state index in [1.54, 1.807) is 7.05 Å². The first-order valence-electron chi connectivity index (χ1n) is 3.39. The molecule has 0 aromatic carbocycles. The molecule has 12 heavy (non-hydrogen) atoms. The fraction of sp³-hybridized carbons (Fsp3) is 0.833. The fourth-order valence-corrected chi connectivity index (χ4v) is 0.654. The first kappa shape index (κ1) is 17.9. The zero-order valence-electron chi connectivity index (χ0n) is 7.08. The lowest BCUT2D eigenvalue weighted by atomic mass is 10.1. The normalized spacial score (nSPS) is 10.6. The van der Waals surface area contributed by atoms with E-state index in [-0.39, 0.29) is 30.7 Å². The Morgan fingerprint density at radius 2 is 2.00 bits per heavy atom. The maximum absolute atomic E-state index is 10.7. The monoisotopic (exact) mass is 217 g/mol. The Balaban J connectivity index is -0.000000405. The van der Waals surface area contributed by atoms with Crippen molar-refractivity contribution in [1.29, 1.82) is 0 Å². The Kier molecular flexibility index (Phi) is 16.4. The molecule has 0 aliphatic rings. The molecule has 0 heterocycles. The van der Waals surface area contributed by atoms with Crippen molar-refractivity contribution in [3.8, 4) is 0 Å². The number of amides is 1. The Hall–Kier alpha value is -0.0300. The molecule has 0 spiro atoms. The molecule has 0 aliphatic carbocycles. The van der Waals surface area contributed by atoms with Crippen LogP contribution in [0.25, 0.3) is 0 Å². The van der Waals surface area contributed by atoms with Gasteiger partial charge >= 0.3 is 0 Å². The molecule has 0 aromatic rings. The molecule has 5 N–H and O–H groups in total. The first-order valence-corrected chi connectivity index (χ1v) is 3.39. The van der Waals surface area contributed by atoms with Gasteiger partial charge in [0.2, 0.25) is 5.91 Å². The van der Waals surface area contributed by atoms with Crippen molar-refractivity contribution < 1.29 is 4.79 Å². The lowest BCUT2D eigenvalue weighted by molar-refractivity contribution is -0.122. The summed E-state index contributed by atoms with van der Waals surface area (Å²) in [6, 6.07) is -0.395. The highest BCUT2D eigenvalue weighted by molar-refractivity contribution is 5.85. The van der Waals surface area contributed by atoms with Crippen molar-refractivity contribution in [3.63, 3.8) is 0 Å². The van der Waals surface area contributed by atoms with E-state index in [1.807, 2.05) is 0 Å². The number of carbonyl (C=O) groups excluding carboxylic acids is 1. The number of rotatable bonds is 4. The molecule has 0 radical (unpaired) electrons.